The number of carbonyl (C=O) groups is 1. The summed E-state index contributed by atoms with van der Waals surface area (Å²) in [7, 11) is 3.23. The lowest BCUT2D eigenvalue weighted by atomic mass is 10.0. The van der Waals surface area contributed by atoms with E-state index < -0.39 is 0 Å². The highest BCUT2D eigenvalue weighted by molar-refractivity contribution is 5.91. The van der Waals surface area contributed by atoms with Crippen LogP contribution in [-0.2, 0) is 18.3 Å². The Hall–Kier alpha value is -3.94. The molecule has 0 saturated carbocycles. The number of amides is 1. The topological polar surface area (TPSA) is 78.2 Å². The molecule has 2 heterocycles. The van der Waals surface area contributed by atoms with Crippen LogP contribution in [0, 0.1) is 19.7 Å². The highest BCUT2D eigenvalue weighted by Gasteiger charge is 2.20. The third kappa shape index (κ3) is 4.24. The summed E-state index contributed by atoms with van der Waals surface area (Å²) in [5.41, 5.74) is 3.62. The molecule has 4 rings (SSSR count). The maximum Gasteiger partial charge on any atom is 0.255 e. The Labute approximate surface area is 190 Å². The number of nitrogens with zero attached hydrogens (tertiary/aromatic N) is 3. The van der Waals surface area contributed by atoms with Gasteiger partial charge in [0.1, 0.15) is 17.2 Å². The second kappa shape index (κ2) is 8.90. The zero-order valence-corrected chi connectivity index (χ0v) is 19.0. The molecule has 170 valence electrons. The third-order valence-electron chi connectivity index (χ3n) is 5.75. The lowest BCUT2D eigenvalue weighted by molar-refractivity contribution is -0.116. The van der Waals surface area contributed by atoms with E-state index in [0.717, 1.165) is 16.6 Å². The van der Waals surface area contributed by atoms with Gasteiger partial charge in [-0.3, -0.25) is 14.2 Å². The highest BCUT2D eigenvalue weighted by Crippen LogP contribution is 2.26. The molecule has 0 aliphatic carbocycles. The van der Waals surface area contributed by atoms with E-state index >= 15 is 0 Å². The summed E-state index contributed by atoms with van der Waals surface area (Å²) >= 11 is 0. The fraction of sp³-hybridized carbons (Fsp3) is 0.240. The lowest BCUT2D eigenvalue weighted by Crippen LogP contribution is -2.25. The maximum atomic E-state index is 13.8. The summed E-state index contributed by atoms with van der Waals surface area (Å²) in [6, 6.07) is 13.2. The van der Waals surface area contributed by atoms with Gasteiger partial charge in [-0.2, -0.15) is 5.10 Å². The zero-order chi connectivity index (χ0) is 23.7. The number of rotatable bonds is 6. The fourth-order valence-corrected chi connectivity index (χ4v) is 4.12. The molecule has 8 heteroatoms. The Bertz CT molecular complexity index is 1420. The van der Waals surface area contributed by atoms with E-state index in [4.69, 9.17) is 4.74 Å². The number of hydrogen-bond donors (Lipinski definition) is 1. The molecular formula is C25H25FN4O3. The van der Waals surface area contributed by atoms with E-state index in [1.807, 2.05) is 13.8 Å². The molecule has 1 N–H and O–H groups in total. The molecule has 0 spiro atoms. The molecule has 2 aromatic carbocycles. The van der Waals surface area contributed by atoms with Gasteiger partial charge in [-0.25, -0.2) is 9.07 Å². The number of pyridine rings is 1. The monoisotopic (exact) mass is 448 g/mol. The number of carbonyl (C=O) groups excluding carboxylic acids is 1. The molecule has 0 aliphatic rings. The number of halogens is 1. The number of benzene rings is 2. The van der Waals surface area contributed by atoms with Gasteiger partial charge >= 0.3 is 0 Å². The van der Waals surface area contributed by atoms with Gasteiger partial charge in [0.2, 0.25) is 5.91 Å². The van der Waals surface area contributed by atoms with E-state index in [2.05, 4.69) is 10.4 Å². The van der Waals surface area contributed by atoms with Gasteiger partial charge in [-0.05, 0) is 56.2 Å². The lowest BCUT2D eigenvalue weighted by Gasteiger charge is -2.13. The first kappa shape index (κ1) is 22.3. The smallest absolute Gasteiger partial charge is 0.255 e. The van der Waals surface area contributed by atoms with Gasteiger partial charge in [0.05, 0.1) is 18.5 Å². The van der Waals surface area contributed by atoms with E-state index in [0.29, 0.717) is 28.3 Å². The average molecular weight is 448 g/mol. The second-order valence-corrected chi connectivity index (χ2v) is 7.92. The Kier molecular flexibility index (Phi) is 6.00. The SMILES string of the molecule is COc1cccc(NC(=O)CCc2c(C)c3c(C)nn(-c4cccc(F)c4)c3n(C)c2=O)c1. The summed E-state index contributed by atoms with van der Waals surface area (Å²) in [5.74, 6) is 0.0694. The molecule has 0 aliphatic heterocycles. The van der Waals surface area contributed by atoms with Crippen LogP contribution in [0.2, 0.25) is 0 Å². The molecule has 33 heavy (non-hydrogen) atoms. The van der Waals surface area contributed by atoms with Crippen LogP contribution in [0.25, 0.3) is 16.7 Å². The van der Waals surface area contributed by atoms with Crippen LogP contribution in [0.3, 0.4) is 0 Å². The quantitative estimate of drug-likeness (QED) is 0.483. The number of anilines is 1. The number of aromatic nitrogens is 3. The van der Waals surface area contributed by atoms with Crippen molar-refractivity contribution in [3.63, 3.8) is 0 Å². The number of aryl methyl sites for hydroxylation is 3. The number of methoxy groups -OCH3 is 1. The standard InChI is InChI=1S/C25H25FN4O3/c1-15-21(11-12-22(31)27-18-8-6-10-20(14-18)33-4)25(32)29(3)24-23(15)16(2)28-30(24)19-9-5-7-17(26)13-19/h5-10,13-14H,11-12H2,1-4H3,(H,27,31). The van der Waals surface area contributed by atoms with Crippen LogP contribution in [0.1, 0.15) is 23.2 Å². The first-order chi connectivity index (χ1) is 15.8. The number of nitrogens with one attached hydrogen (secondary N) is 1. The molecule has 0 saturated heterocycles. The Morgan fingerprint density at radius 1 is 1.15 bits per heavy atom. The van der Waals surface area contributed by atoms with Crippen molar-refractivity contribution < 1.29 is 13.9 Å². The van der Waals surface area contributed by atoms with Crippen LogP contribution in [0.4, 0.5) is 10.1 Å². The van der Waals surface area contributed by atoms with E-state index in [1.165, 1.54) is 16.7 Å². The van der Waals surface area contributed by atoms with Crippen LogP contribution < -0.4 is 15.6 Å². The molecule has 0 fully saturated rings. The normalized spacial score (nSPS) is 11.1. The summed E-state index contributed by atoms with van der Waals surface area (Å²) in [6.45, 7) is 3.72. The van der Waals surface area contributed by atoms with Gasteiger partial charge in [0, 0.05) is 36.2 Å². The summed E-state index contributed by atoms with van der Waals surface area (Å²) in [4.78, 5) is 25.7. The minimum Gasteiger partial charge on any atom is -0.497 e. The minimum atomic E-state index is -0.380. The van der Waals surface area contributed by atoms with E-state index in [1.54, 1.807) is 55.2 Å². The summed E-state index contributed by atoms with van der Waals surface area (Å²) in [6.07, 6.45) is 0.435. The minimum absolute atomic E-state index is 0.149. The van der Waals surface area contributed by atoms with Crippen molar-refractivity contribution in [2.45, 2.75) is 26.7 Å². The number of fused-ring (bicyclic) bond motifs is 1. The molecule has 4 aromatic rings. The predicted octanol–water partition coefficient (Wildman–Crippen LogP) is 4.06. The average Bonchev–Trinajstić information content (AvgIpc) is 3.15. The zero-order valence-electron chi connectivity index (χ0n) is 19.0. The molecule has 0 unspecified atom stereocenters. The van der Waals surface area contributed by atoms with Crippen molar-refractivity contribution in [2.75, 3.05) is 12.4 Å². The molecule has 0 atom stereocenters. The summed E-state index contributed by atoms with van der Waals surface area (Å²) in [5, 5.41) is 8.24. The molecular weight excluding hydrogens is 423 g/mol. The van der Waals surface area contributed by atoms with Crippen LogP contribution in [-0.4, -0.2) is 27.4 Å². The van der Waals surface area contributed by atoms with Crippen molar-refractivity contribution in [1.29, 1.82) is 0 Å². The van der Waals surface area contributed by atoms with Crippen molar-refractivity contribution in [3.8, 4) is 11.4 Å². The fourth-order valence-electron chi connectivity index (χ4n) is 4.12. The second-order valence-electron chi connectivity index (χ2n) is 7.92. The molecule has 0 radical (unpaired) electrons. The molecule has 7 nitrogen and oxygen atoms in total. The van der Waals surface area contributed by atoms with Gasteiger partial charge in [0.15, 0.2) is 0 Å². The molecule has 2 aromatic heterocycles. The van der Waals surface area contributed by atoms with Crippen molar-refractivity contribution in [1.82, 2.24) is 14.3 Å². The Morgan fingerprint density at radius 2 is 1.91 bits per heavy atom. The van der Waals surface area contributed by atoms with E-state index in [-0.39, 0.29) is 30.1 Å². The Morgan fingerprint density at radius 3 is 2.64 bits per heavy atom. The number of hydrogen-bond acceptors (Lipinski definition) is 4. The van der Waals surface area contributed by atoms with Crippen LogP contribution in [0.5, 0.6) is 5.75 Å². The third-order valence-corrected chi connectivity index (χ3v) is 5.75. The Balaban J connectivity index is 1.66. The van der Waals surface area contributed by atoms with Gasteiger partial charge in [0.25, 0.3) is 5.56 Å². The van der Waals surface area contributed by atoms with Gasteiger partial charge < -0.3 is 10.1 Å². The van der Waals surface area contributed by atoms with Gasteiger partial charge in [-0.1, -0.05) is 12.1 Å². The molecule has 0 bridgehead atoms. The summed E-state index contributed by atoms with van der Waals surface area (Å²) < 4.78 is 22.1. The number of ether oxygens (including phenoxy) is 1. The van der Waals surface area contributed by atoms with Crippen molar-refractivity contribution in [3.05, 3.63) is 81.5 Å². The largest absolute Gasteiger partial charge is 0.497 e. The maximum absolute atomic E-state index is 13.8. The first-order valence-electron chi connectivity index (χ1n) is 10.6. The highest BCUT2D eigenvalue weighted by atomic mass is 19.1. The van der Waals surface area contributed by atoms with Crippen LogP contribution in [0.15, 0.2) is 53.3 Å². The predicted molar refractivity (Wildman–Crippen MR) is 126 cm³/mol. The van der Waals surface area contributed by atoms with E-state index in [9.17, 15) is 14.0 Å². The van der Waals surface area contributed by atoms with Crippen molar-refractivity contribution >= 4 is 22.6 Å². The first-order valence-corrected chi connectivity index (χ1v) is 10.6. The van der Waals surface area contributed by atoms with Crippen molar-refractivity contribution in [2.24, 2.45) is 7.05 Å². The van der Waals surface area contributed by atoms with Gasteiger partial charge in [-0.15, -0.1) is 0 Å². The van der Waals surface area contributed by atoms with Crippen LogP contribution >= 0.6 is 0 Å². The molecule has 1 amide bonds.